The van der Waals surface area contributed by atoms with Gasteiger partial charge >= 0.3 is 0 Å². The van der Waals surface area contributed by atoms with Crippen molar-refractivity contribution in [3.8, 4) is 11.3 Å². The van der Waals surface area contributed by atoms with Crippen LogP contribution in [0.15, 0.2) is 34.9 Å². The Kier molecular flexibility index (Phi) is 6.68. The Morgan fingerprint density at radius 1 is 1.43 bits per heavy atom. The first kappa shape index (κ1) is 17.5. The van der Waals surface area contributed by atoms with Gasteiger partial charge in [0.25, 0.3) is 5.91 Å². The van der Waals surface area contributed by atoms with Crippen molar-refractivity contribution in [2.75, 3.05) is 27.2 Å². The molecule has 1 aromatic heterocycles. The van der Waals surface area contributed by atoms with Crippen LogP contribution in [0.25, 0.3) is 11.3 Å². The zero-order chi connectivity index (χ0) is 14.5. The van der Waals surface area contributed by atoms with Gasteiger partial charge in [-0.25, -0.2) is 0 Å². The van der Waals surface area contributed by atoms with Crippen LogP contribution in [-0.2, 0) is 0 Å². The normalized spacial score (nSPS) is 10.0. The monoisotopic (exact) mass is 329 g/mol. The van der Waals surface area contributed by atoms with Crippen molar-refractivity contribution < 1.29 is 9.32 Å². The van der Waals surface area contributed by atoms with Crippen LogP contribution in [0.3, 0.4) is 0 Å². The number of aromatic nitrogens is 1. The smallest absolute Gasteiger partial charge is 0.275 e. The van der Waals surface area contributed by atoms with Gasteiger partial charge in [0.05, 0.1) is 0 Å². The molecule has 2 aromatic rings. The van der Waals surface area contributed by atoms with E-state index in [1.165, 1.54) is 0 Å². The Hall–Kier alpha value is -1.56. The highest BCUT2D eigenvalue weighted by Gasteiger charge is 2.17. The molecule has 0 fully saturated rings. The summed E-state index contributed by atoms with van der Waals surface area (Å²) in [6, 6.07) is 8.84. The molecule has 1 heterocycles. The third-order valence-corrected chi connectivity index (χ3v) is 3.12. The quantitative estimate of drug-likeness (QED) is 0.916. The number of carbonyl (C=O) groups excluding carboxylic acids is 1. The topological polar surface area (TPSA) is 58.4 Å². The highest BCUT2D eigenvalue weighted by atomic mass is 35.5. The van der Waals surface area contributed by atoms with Crippen LogP contribution < -0.4 is 5.32 Å². The summed E-state index contributed by atoms with van der Waals surface area (Å²) in [5.74, 6) is 0.357. The van der Waals surface area contributed by atoms with Crippen LogP contribution in [-0.4, -0.2) is 43.1 Å². The first-order valence-corrected chi connectivity index (χ1v) is 6.62. The summed E-state index contributed by atoms with van der Waals surface area (Å²) in [4.78, 5) is 13.7. The van der Waals surface area contributed by atoms with E-state index in [2.05, 4.69) is 10.5 Å². The molecule has 5 nitrogen and oxygen atoms in total. The van der Waals surface area contributed by atoms with Crippen molar-refractivity contribution in [1.82, 2.24) is 15.4 Å². The Morgan fingerprint density at radius 2 is 2.19 bits per heavy atom. The van der Waals surface area contributed by atoms with Crippen LogP contribution in [0.2, 0.25) is 5.02 Å². The Labute approximate surface area is 134 Å². The Bertz CT molecular complexity index is 601. The maximum atomic E-state index is 12.1. The Balaban J connectivity index is 0.00000220. The van der Waals surface area contributed by atoms with Gasteiger partial charge in [-0.15, -0.1) is 12.4 Å². The van der Waals surface area contributed by atoms with Crippen molar-refractivity contribution in [2.24, 2.45) is 0 Å². The fourth-order valence-corrected chi connectivity index (χ4v) is 1.92. The lowest BCUT2D eigenvalue weighted by Crippen LogP contribution is -2.32. The summed E-state index contributed by atoms with van der Waals surface area (Å²) < 4.78 is 5.21. The minimum Gasteiger partial charge on any atom is -0.355 e. The fraction of sp³-hybridized carbons (Fsp3) is 0.286. The third-order valence-electron chi connectivity index (χ3n) is 2.88. The van der Waals surface area contributed by atoms with Crippen LogP contribution in [0.1, 0.15) is 10.5 Å². The summed E-state index contributed by atoms with van der Waals surface area (Å²) in [6.45, 7) is 1.33. The largest absolute Gasteiger partial charge is 0.355 e. The van der Waals surface area contributed by atoms with E-state index < -0.39 is 0 Å². The number of hydrogen-bond donors (Lipinski definition) is 1. The summed E-state index contributed by atoms with van der Waals surface area (Å²) >= 11 is 5.93. The second kappa shape index (κ2) is 8.02. The van der Waals surface area contributed by atoms with Crippen molar-refractivity contribution in [3.63, 3.8) is 0 Å². The van der Waals surface area contributed by atoms with E-state index in [-0.39, 0.29) is 18.3 Å². The van der Waals surface area contributed by atoms with Gasteiger partial charge in [0, 0.05) is 36.8 Å². The van der Waals surface area contributed by atoms with Gasteiger partial charge in [0.1, 0.15) is 0 Å². The predicted molar refractivity (Wildman–Crippen MR) is 85.1 cm³/mol. The second-order valence-corrected chi connectivity index (χ2v) is 4.85. The third kappa shape index (κ3) is 4.46. The average molecular weight is 330 g/mol. The fourth-order valence-electron chi connectivity index (χ4n) is 1.73. The maximum Gasteiger partial charge on any atom is 0.275 e. The van der Waals surface area contributed by atoms with E-state index in [0.29, 0.717) is 23.0 Å². The van der Waals surface area contributed by atoms with Crippen molar-refractivity contribution in [3.05, 3.63) is 41.0 Å². The van der Waals surface area contributed by atoms with E-state index in [1.54, 1.807) is 30.1 Å². The number of hydrogen-bond acceptors (Lipinski definition) is 4. The second-order valence-electron chi connectivity index (χ2n) is 4.42. The predicted octanol–water partition coefficient (Wildman–Crippen LogP) is 2.71. The SMILES string of the molecule is CNCCN(C)C(=O)c1cc(-c2cccc(Cl)c2)on1.Cl. The summed E-state index contributed by atoms with van der Waals surface area (Å²) in [5.41, 5.74) is 1.08. The molecule has 7 heteroatoms. The lowest BCUT2D eigenvalue weighted by atomic mass is 10.1. The molecule has 0 aliphatic heterocycles. The number of nitrogens with one attached hydrogen (secondary N) is 1. The van der Waals surface area contributed by atoms with E-state index >= 15 is 0 Å². The minimum atomic E-state index is -0.169. The Morgan fingerprint density at radius 3 is 2.86 bits per heavy atom. The molecule has 0 aliphatic carbocycles. The lowest BCUT2D eigenvalue weighted by Gasteiger charge is -2.14. The molecule has 0 saturated carbocycles. The molecule has 1 N–H and O–H groups in total. The molecular weight excluding hydrogens is 313 g/mol. The van der Waals surface area contributed by atoms with E-state index in [9.17, 15) is 4.79 Å². The molecule has 0 bridgehead atoms. The van der Waals surface area contributed by atoms with Gasteiger partial charge in [0.15, 0.2) is 11.5 Å². The maximum absolute atomic E-state index is 12.1. The number of likely N-dealkylation sites (N-methyl/N-ethyl adjacent to an activating group) is 2. The van der Waals surface area contributed by atoms with Crippen molar-refractivity contribution >= 4 is 29.9 Å². The molecule has 1 aromatic carbocycles. The molecule has 0 spiro atoms. The van der Waals surface area contributed by atoms with Crippen LogP contribution in [0, 0.1) is 0 Å². The zero-order valence-corrected chi connectivity index (χ0v) is 13.4. The molecule has 21 heavy (non-hydrogen) atoms. The lowest BCUT2D eigenvalue weighted by molar-refractivity contribution is 0.0786. The summed E-state index contributed by atoms with van der Waals surface area (Å²) in [6.07, 6.45) is 0. The van der Waals surface area contributed by atoms with Crippen LogP contribution >= 0.6 is 24.0 Å². The van der Waals surface area contributed by atoms with Gasteiger partial charge in [0.2, 0.25) is 0 Å². The highest BCUT2D eigenvalue weighted by Crippen LogP contribution is 2.23. The summed E-state index contributed by atoms with van der Waals surface area (Å²) in [5, 5.41) is 7.42. The van der Waals surface area contributed by atoms with Gasteiger partial charge in [-0.05, 0) is 19.2 Å². The van der Waals surface area contributed by atoms with Crippen molar-refractivity contribution in [1.29, 1.82) is 0 Å². The standard InChI is InChI=1S/C14H16ClN3O2.ClH/c1-16-6-7-18(2)14(19)12-9-13(20-17-12)10-4-3-5-11(15)8-10;/h3-5,8-9,16H,6-7H2,1-2H3;1H. The molecule has 0 unspecified atom stereocenters. The first-order chi connectivity index (χ1) is 9.61. The van der Waals surface area contributed by atoms with Crippen LogP contribution in [0.4, 0.5) is 0 Å². The molecule has 0 saturated heterocycles. The number of rotatable bonds is 5. The minimum absolute atomic E-state index is 0. The highest BCUT2D eigenvalue weighted by molar-refractivity contribution is 6.30. The number of halogens is 2. The first-order valence-electron chi connectivity index (χ1n) is 6.24. The number of amides is 1. The van der Waals surface area contributed by atoms with E-state index in [0.717, 1.165) is 12.1 Å². The average Bonchev–Trinajstić information content (AvgIpc) is 2.93. The van der Waals surface area contributed by atoms with Gasteiger partial charge in [-0.3, -0.25) is 4.79 Å². The molecule has 2 rings (SSSR count). The van der Waals surface area contributed by atoms with E-state index in [1.807, 2.05) is 19.2 Å². The molecule has 114 valence electrons. The number of nitrogens with zero attached hydrogens (tertiary/aromatic N) is 2. The summed E-state index contributed by atoms with van der Waals surface area (Å²) in [7, 11) is 3.57. The zero-order valence-electron chi connectivity index (χ0n) is 11.8. The van der Waals surface area contributed by atoms with E-state index in [4.69, 9.17) is 16.1 Å². The van der Waals surface area contributed by atoms with Gasteiger partial charge in [-0.2, -0.15) is 0 Å². The van der Waals surface area contributed by atoms with Gasteiger partial charge < -0.3 is 14.7 Å². The number of carbonyl (C=O) groups is 1. The molecular formula is C14H17Cl2N3O2. The van der Waals surface area contributed by atoms with Crippen molar-refractivity contribution in [2.45, 2.75) is 0 Å². The molecule has 1 amide bonds. The van der Waals surface area contributed by atoms with Crippen LogP contribution in [0.5, 0.6) is 0 Å². The molecule has 0 atom stereocenters. The molecule has 0 aliphatic rings. The number of benzene rings is 1. The molecule has 0 radical (unpaired) electrons. The van der Waals surface area contributed by atoms with Gasteiger partial charge in [-0.1, -0.05) is 28.9 Å².